The van der Waals surface area contributed by atoms with Gasteiger partial charge in [-0.3, -0.25) is 4.90 Å². The number of hydrogen-bond donors (Lipinski definition) is 1. The topological polar surface area (TPSA) is 15.3 Å². The van der Waals surface area contributed by atoms with Crippen LogP contribution in [0.25, 0.3) is 0 Å². The van der Waals surface area contributed by atoms with E-state index in [1.807, 2.05) is 6.07 Å². The van der Waals surface area contributed by atoms with Crippen LogP contribution in [0.2, 0.25) is 5.02 Å². The van der Waals surface area contributed by atoms with Crippen LogP contribution in [0.5, 0.6) is 0 Å². The molecule has 2 aliphatic rings. The first kappa shape index (κ1) is 13.4. The lowest BCUT2D eigenvalue weighted by Gasteiger charge is -2.35. The van der Waals surface area contributed by atoms with Crippen molar-refractivity contribution in [2.75, 3.05) is 19.6 Å². The first-order valence-electron chi connectivity index (χ1n) is 7.51. The molecule has 0 spiro atoms. The van der Waals surface area contributed by atoms with Gasteiger partial charge in [-0.1, -0.05) is 23.7 Å². The lowest BCUT2D eigenvalue weighted by molar-refractivity contribution is 0.145. The van der Waals surface area contributed by atoms with Gasteiger partial charge >= 0.3 is 0 Å². The van der Waals surface area contributed by atoms with E-state index < -0.39 is 0 Å². The SMILES string of the molecule is Clc1cccc(CN2CCCC(C3CCCN3)C2)c1. The monoisotopic (exact) mass is 278 g/mol. The fraction of sp³-hybridized carbons (Fsp3) is 0.625. The zero-order chi connectivity index (χ0) is 13.1. The molecule has 1 N–H and O–H groups in total. The fourth-order valence-corrected chi connectivity index (χ4v) is 3.78. The molecule has 0 aromatic heterocycles. The van der Waals surface area contributed by atoms with Crippen LogP contribution in [0.1, 0.15) is 31.2 Å². The van der Waals surface area contributed by atoms with Crippen molar-refractivity contribution < 1.29 is 0 Å². The second-order valence-electron chi connectivity index (χ2n) is 5.97. The van der Waals surface area contributed by atoms with Gasteiger partial charge in [0.1, 0.15) is 0 Å². The van der Waals surface area contributed by atoms with Crippen LogP contribution in [0, 0.1) is 5.92 Å². The van der Waals surface area contributed by atoms with E-state index in [2.05, 4.69) is 28.4 Å². The minimum Gasteiger partial charge on any atom is -0.314 e. The smallest absolute Gasteiger partial charge is 0.0409 e. The molecular formula is C16H23ClN2. The molecule has 2 nitrogen and oxygen atoms in total. The Morgan fingerprint density at radius 1 is 1.26 bits per heavy atom. The number of likely N-dealkylation sites (tertiary alicyclic amines) is 1. The number of nitrogens with zero attached hydrogens (tertiary/aromatic N) is 1. The normalized spacial score (nSPS) is 28.7. The number of nitrogens with one attached hydrogen (secondary N) is 1. The molecule has 3 rings (SSSR count). The lowest BCUT2D eigenvalue weighted by Crippen LogP contribution is -2.43. The summed E-state index contributed by atoms with van der Waals surface area (Å²) in [5, 5.41) is 4.52. The summed E-state index contributed by atoms with van der Waals surface area (Å²) in [5.41, 5.74) is 1.34. The predicted molar refractivity (Wildman–Crippen MR) is 80.5 cm³/mol. The van der Waals surface area contributed by atoms with E-state index in [9.17, 15) is 0 Å². The largest absolute Gasteiger partial charge is 0.314 e. The van der Waals surface area contributed by atoms with E-state index in [4.69, 9.17) is 11.6 Å². The molecule has 2 saturated heterocycles. The maximum absolute atomic E-state index is 6.07. The Labute approximate surface area is 121 Å². The molecule has 19 heavy (non-hydrogen) atoms. The Morgan fingerprint density at radius 2 is 2.21 bits per heavy atom. The average molecular weight is 279 g/mol. The Balaban J connectivity index is 1.58. The highest BCUT2D eigenvalue weighted by molar-refractivity contribution is 6.30. The third kappa shape index (κ3) is 3.50. The number of rotatable bonds is 3. The van der Waals surface area contributed by atoms with Crippen LogP contribution >= 0.6 is 11.6 Å². The van der Waals surface area contributed by atoms with Crippen LogP contribution < -0.4 is 5.32 Å². The lowest BCUT2D eigenvalue weighted by atomic mass is 9.89. The van der Waals surface area contributed by atoms with Gasteiger partial charge in [0.05, 0.1) is 0 Å². The van der Waals surface area contributed by atoms with Gasteiger partial charge in [-0.05, 0) is 62.4 Å². The van der Waals surface area contributed by atoms with Crippen LogP contribution in [0.3, 0.4) is 0 Å². The predicted octanol–water partition coefficient (Wildman–Crippen LogP) is 3.30. The van der Waals surface area contributed by atoms with E-state index in [1.54, 1.807) is 0 Å². The standard InChI is InChI=1S/C16H23ClN2/c17-15-6-1-4-13(10-15)11-19-9-3-5-14(12-19)16-7-2-8-18-16/h1,4,6,10,14,16,18H,2-3,5,7-9,11-12H2. The van der Waals surface area contributed by atoms with Crippen LogP contribution in [-0.2, 0) is 6.54 Å². The van der Waals surface area contributed by atoms with E-state index in [1.165, 1.54) is 50.9 Å². The molecule has 0 bridgehead atoms. The van der Waals surface area contributed by atoms with E-state index in [0.29, 0.717) is 0 Å². The van der Waals surface area contributed by atoms with Crippen LogP contribution in [0.4, 0.5) is 0 Å². The summed E-state index contributed by atoms with van der Waals surface area (Å²) in [4.78, 5) is 2.60. The van der Waals surface area contributed by atoms with Gasteiger partial charge in [-0.25, -0.2) is 0 Å². The summed E-state index contributed by atoms with van der Waals surface area (Å²) in [7, 11) is 0. The second-order valence-corrected chi connectivity index (χ2v) is 6.41. The van der Waals surface area contributed by atoms with Crippen molar-refractivity contribution in [1.82, 2.24) is 10.2 Å². The maximum atomic E-state index is 6.07. The van der Waals surface area contributed by atoms with Crippen molar-refractivity contribution in [3.63, 3.8) is 0 Å². The molecular weight excluding hydrogens is 256 g/mol. The van der Waals surface area contributed by atoms with Crippen LogP contribution in [0.15, 0.2) is 24.3 Å². The Kier molecular flexibility index (Phi) is 4.42. The molecule has 2 atom stereocenters. The number of piperidine rings is 1. The highest BCUT2D eigenvalue weighted by atomic mass is 35.5. The maximum Gasteiger partial charge on any atom is 0.0409 e. The van der Waals surface area contributed by atoms with Gasteiger partial charge in [0, 0.05) is 24.2 Å². The molecule has 1 aromatic carbocycles. The van der Waals surface area contributed by atoms with Crippen molar-refractivity contribution in [3.05, 3.63) is 34.9 Å². The minimum absolute atomic E-state index is 0.766. The zero-order valence-corrected chi connectivity index (χ0v) is 12.2. The van der Waals surface area contributed by atoms with Crippen molar-refractivity contribution in [3.8, 4) is 0 Å². The molecule has 0 saturated carbocycles. The second kappa shape index (κ2) is 6.25. The summed E-state index contributed by atoms with van der Waals surface area (Å²) in [6, 6.07) is 9.05. The van der Waals surface area contributed by atoms with E-state index in [0.717, 1.165) is 23.5 Å². The molecule has 0 radical (unpaired) electrons. The highest BCUT2D eigenvalue weighted by Crippen LogP contribution is 2.26. The Hall–Kier alpha value is -0.570. The van der Waals surface area contributed by atoms with Crippen LogP contribution in [-0.4, -0.2) is 30.6 Å². The molecule has 2 fully saturated rings. The van der Waals surface area contributed by atoms with Gasteiger partial charge < -0.3 is 5.32 Å². The molecule has 2 heterocycles. The number of hydrogen-bond acceptors (Lipinski definition) is 2. The molecule has 0 aliphatic carbocycles. The summed E-state index contributed by atoms with van der Waals surface area (Å²) in [6.07, 6.45) is 5.46. The van der Waals surface area contributed by atoms with Crippen molar-refractivity contribution >= 4 is 11.6 Å². The van der Waals surface area contributed by atoms with Crippen molar-refractivity contribution in [2.45, 2.75) is 38.3 Å². The Bertz CT molecular complexity index is 415. The van der Waals surface area contributed by atoms with Gasteiger partial charge in [-0.2, -0.15) is 0 Å². The van der Waals surface area contributed by atoms with Crippen molar-refractivity contribution in [1.29, 1.82) is 0 Å². The highest BCUT2D eigenvalue weighted by Gasteiger charge is 2.28. The third-order valence-corrected chi connectivity index (χ3v) is 4.74. The molecule has 2 unspecified atom stereocenters. The van der Waals surface area contributed by atoms with E-state index in [-0.39, 0.29) is 0 Å². The minimum atomic E-state index is 0.766. The van der Waals surface area contributed by atoms with Crippen molar-refractivity contribution in [2.24, 2.45) is 5.92 Å². The third-order valence-electron chi connectivity index (χ3n) is 4.50. The first-order valence-corrected chi connectivity index (χ1v) is 7.89. The quantitative estimate of drug-likeness (QED) is 0.913. The average Bonchev–Trinajstić information content (AvgIpc) is 2.93. The molecule has 0 amide bonds. The molecule has 2 aliphatic heterocycles. The van der Waals surface area contributed by atoms with Gasteiger partial charge in [0.25, 0.3) is 0 Å². The van der Waals surface area contributed by atoms with Gasteiger partial charge in [0.15, 0.2) is 0 Å². The molecule has 104 valence electrons. The summed E-state index contributed by atoms with van der Waals surface area (Å²) in [5.74, 6) is 0.843. The summed E-state index contributed by atoms with van der Waals surface area (Å²) in [6.45, 7) is 4.74. The summed E-state index contributed by atoms with van der Waals surface area (Å²) >= 11 is 6.07. The Morgan fingerprint density at radius 3 is 3.00 bits per heavy atom. The number of benzene rings is 1. The number of halogens is 1. The molecule has 1 aromatic rings. The fourth-order valence-electron chi connectivity index (χ4n) is 3.57. The van der Waals surface area contributed by atoms with E-state index >= 15 is 0 Å². The zero-order valence-electron chi connectivity index (χ0n) is 11.4. The first-order chi connectivity index (χ1) is 9.31. The molecule has 3 heteroatoms. The summed E-state index contributed by atoms with van der Waals surface area (Å²) < 4.78 is 0. The van der Waals surface area contributed by atoms with Gasteiger partial charge in [-0.15, -0.1) is 0 Å². The van der Waals surface area contributed by atoms with Gasteiger partial charge in [0.2, 0.25) is 0 Å².